The second-order valence-electron chi connectivity index (χ2n) is 7.27. The summed E-state index contributed by atoms with van der Waals surface area (Å²) in [5.41, 5.74) is 4.54. The van der Waals surface area contributed by atoms with Gasteiger partial charge >= 0.3 is 12.1 Å². The van der Waals surface area contributed by atoms with Crippen LogP contribution >= 0.6 is 0 Å². The summed E-state index contributed by atoms with van der Waals surface area (Å²) in [5.74, 6) is -1.12. The SMILES string of the molecule is O=C(O)CN(CCCn1ccnc1)C(=O)OCC1c2ccccc2-c2ccccc21. The monoisotopic (exact) mass is 405 g/mol. The number of aryl methyl sites for hydroxylation is 1. The largest absolute Gasteiger partial charge is 0.480 e. The van der Waals surface area contributed by atoms with Gasteiger partial charge in [0.2, 0.25) is 0 Å². The van der Waals surface area contributed by atoms with E-state index in [-0.39, 0.29) is 19.1 Å². The minimum absolute atomic E-state index is 0.0565. The molecule has 0 aliphatic heterocycles. The fourth-order valence-corrected chi connectivity index (χ4v) is 3.95. The molecule has 2 aromatic carbocycles. The number of carboxylic acid groups (broad SMARTS) is 1. The third kappa shape index (κ3) is 4.20. The molecule has 7 nitrogen and oxygen atoms in total. The molecule has 0 fully saturated rings. The summed E-state index contributed by atoms with van der Waals surface area (Å²) in [4.78, 5) is 29.1. The maximum Gasteiger partial charge on any atom is 0.410 e. The molecule has 1 N–H and O–H groups in total. The Labute approximate surface area is 174 Å². The number of carboxylic acids is 1. The average molecular weight is 405 g/mol. The van der Waals surface area contributed by atoms with Gasteiger partial charge in [0.25, 0.3) is 0 Å². The summed E-state index contributed by atoms with van der Waals surface area (Å²) in [5, 5.41) is 9.19. The first-order valence-corrected chi connectivity index (χ1v) is 9.91. The number of carbonyl (C=O) groups excluding carboxylic acids is 1. The summed E-state index contributed by atoms with van der Waals surface area (Å²) < 4.78 is 7.48. The summed E-state index contributed by atoms with van der Waals surface area (Å²) in [6.45, 7) is 0.721. The van der Waals surface area contributed by atoms with Gasteiger partial charge in [-0.3, -0.25) is 9.69 Å². The van der Waals surface area contributed by atoms with Crippen LogP contribution < -0.4 is 0 Å². The average Bonchev–Trinajstić information content (AvgIpc) is 3.37. The minimum Gasteiger partial charge on any atom is -0.480 e. The van der Waals surface area contributed by atoms with Gasteiger partial charge in [-0.1, -0.05) is 48.5 Å². The van der Waals surface area contributed by atoms with Crippen LogP contribution in [0.4, 0.5) is 4.79 Å². The van der Waals surface area contributed by atoms with Crippen molar-refractivity contribution in [2.45, 2.75) is 18.9 Å². The number of hydrogen-bond donors (Lipinski definition) is 1. The molecule has 4 rings (SSSR count). The normalized spacial score (nSPS) is 12.3. The quantitative estimate of drug-likeness (QED) is 0.619. The van der Waals surface area contributed by atoms with E-state index >= 15 is 0 Å². The predicted octanol–water partition coefficient (Wildman–Crippen LogP) is 3.61. The Morgan fingerprint density at radius 2 is 1.73 bits per heavy atom. The van der Waals surface area contributed by atoms with Crippen molar-refractivity contribution >= 4 is 12.1 Å². The number of aromatic nitrogens is 2. The number of benzene rings is 2. The number of aliphatic carboxylic acids is 1. The lowest BCUT2D eigenvalue weighted by atomic mass is 9.98. The van der Waals surface area contributed by atoms with Gasteiger partial charge in [0, 0.05) is 31.4 Å². The van der Waals surface area contributed by atoms with Gasteiger partial charge in [-0.05, 0) is 28.7 Å². The molecule has 0 saturated carbocycles. The third-order valence-corrected chi connectivity index (χ3v) is 5.32. The lowest BCUT2D eigenvalue weighted by Gasteiger charge is -2.22. The Morgan fingerprint density at radius 1 is 1.07 bits per heavy atom. The number of rotatable bonds is 8. The molecular formula is C23H23N3O4. The van der Waals surface area contributed by atoms with Gasteiger partial charge < -0.3 is 14.4 Å². The van der Waals surface area contributed by atoms with Crippen molar-refractivity contribution in [3.8, 4) is 11.1 Å². The first-order valence-electron chi connectivity index (χ1n) is 9.91. The van der Waals surface area contributed by atoms with Crippen molar-refractivity contribution in [3.63, 3.8) is 0 Å². The molecule has 1 aromatic heterocycles. The Hall–Kier alpha value is -3.61. The van der Waals surface area contributed by atoms with E-state index in [9.17, 15) is 14.7 Å². The Bertz CT molecular complexity index is 987. The summed E-state index contributed by atoms with van der Waals surface area (Å²) in [6.07, 6.45) is 5.20. The van der Waals surface area contributed by atoms with Crippen molar-refractivity contribution in [2.75, 3.05) is 19.7 Å². The zero-order chi connectivity index (χ0) is 20.9. The predicted molar refractivity (Wildman–Crippen MR) is 111 cm³/mol. The van der Waals surface area contributed by atoms with Gasteiger partial charge in [-0.2, -0.15) is 0 Å². The van der Waals surface area contributed by atoms with E-state index in [2.05, 4.69) is 17.1 Å². The van der Waals surface area contributed by atoms with Crippen molar-refractivity contribution in [1.82, 2.24) is 14.5 Å². The Kier molecular flexibility index (Phi) is 5.79. The smallest absolute Gasteiger partial charge is 0.410 e. The molecule has 0 unspecified atom stereocenters. The van der Waals surface area contributed by atoms with Crippen molar-refractivity contribution in [2.24, 2.45) is 0 Å². The highest BCUT2D eigenvalue weighted by atomic mass is 16.6. The highest BCUT2D eigenvalue weighted by Crippen LogP contribution is 2.44. The van der Waals surface area contributed by atoms with Gasteiger partial charge in [-0.25, -0.2) is 9.78 Å². The summed E-state index contributed by atoms with van der Waals surface area (Å²) in [6, 6.07) is 16.2. The number of fused-ring (bicyclic) bond motifs is 3. The molecule has 7 heteroatoms. The second-order valence-corrected chi connectivity index (χ2v) is 7.27. The van der Waals surface area contributed by atoms with Crippen LogP contribution in [0, 0.1) is 0 Å². The molecule has 3 aromatic rings. The molecule has 0 atom stereocenters. The van der Waals surface area contributed by atoms with E-state index in [0.29, 0.717) is 19.5 Å². The lowest BCUT2D eigenvalue weighted by molar-refractivity contribution is -0.138. The summed E-state index contributed by atoms with van der Waals surface area (Å²) >= 11 is 0. The molecule has 0 radical (unpaired) electrons. The zero-order valence-corrected chi connectivity index (χ0v) is 16.5. The van der Waals surface area contributed by atoms with Crippen LogP contribution in [0.5, 0.6) is 0 Å². The van der Waals surface area contributed by atoms with E-state index in [0.717, 1.165) is 22.3 Å². The van der Waals surface area contributed by atoms with Crippen LogP contribution in [0.25, 0.3) is 11.1 Å². The van der Waals surface area contributed by atoms with Gasteiger partial charge in [0.1, 0.15) is 13.2 Å². The van der Waals surface area contributed by atoms with E-state index in [1.54, 1.807) is 12.5 Å². The number of nitrogens with zero attached hydrogens (tertiary/aromatic N) is 3. The number of hydrogen-bond acceptors (Lipinski definition) is 4. The highest BCUT2D eigenvalue weighted by molar-refractivity contribution is 5.79. The van der Waals surface area contributed by atoms with E-state index in [4.69, 9.17) is 4.74 Å². The molecule has 154 valence electrons. The van der Waals surface area contributed by atoms with Crippen LogP contribution in [0.2, 0.25) is 0 Å². The minimum atomic E-state index is -1.06. The van der Waals surface area contributed by atoms with Gasteiger partial charge in [-0.15, -0.1) is 0 Å². The van der Waals surface area contributed by atoms with E-state index in [1.807, 2.05) is 47.2 Å². The fourth-order valence-electron chi connectivity index (χ4n) is 3.95. The van der Waals surface area contributed by atoms with Gasteiger partial charge in [0.15, 0.2) is 0 Å². The molecule has 0 spiro atoms. The van der Waals surface area contributed by atoms with Crippen molar-refractivity contribution < 1.29 is 19.4 Å². The van der Waals surface area contributed by atoms with E-state index in [1.165, 1.54) is 4.90 Å². The molecule has 0 saturated heterocycles. The molecule has 1 heterocycles. The van der Waals surface area contributed by atoms with Crippen LogP contribution in [0.15, 0.2) is 67.3 Å². The number of carbonyl (C=O) groups is 2. The molecular weight excluding hydrogens is 382 g/mol. The maximum absolute atomic E-state index is 12.7. The third-order valence-electron chi connectivity index (χ3n) is 5.32. The summed E-state index contributed by atoms with van der Waals surface area (Å²) in [7, 11) is 0. The highest BCUT2D eigenvalue weighted by Gasteiger charge is 2.29. The molecule has 1 aliphatic carbocycles. The Morgan fingerprint density at radius 3 is 2.33 bits per heavy atom. The van der Waals surface area contributed by atoms with Gasteiger partial charge in [0.05, 0.1) is 6.33 Å². The molecule has 1 aliphatic rings. The van der Waals surface area contributed by atoms with Crippen LogP contribution in [0.3, 0.4) is 0 Å². The first-order chi connectivity index (χ1) is 14.6. The van der Waals surface area contributed by atoms with Crippen molar-refractivity contribution in [1.29, 1.82) is 0 Å². The Balaban J connectivity index is 1.42. The van der Waals surface area contributed by atoms with E-state index < -0.39 is 12.1 Å². The molecule has 30 heavy (non-hydrogen) atoms. The van der Waals surface area contributed by atoms with Crippen LogP contribution in [0.1, 0.15) is 23.5 Å². The lowest BCUT2D eigenvalue weighted by Crippen LogP contribution is -2.37. The van der Waals surface area contributed by atoms with Crippen molar-refractivity contribution in [3.05, 3.63) is 78.4 Å². The topological polar surface area (TPSA) is 84.7 Å². The second kappa shape index (κ2) is 8.82. The number of ether oxygens (including phenoxy) is 1. The fraction of sp³-hybridized carbons (Fsp3) is 0.261. The standard InChI is InChI=1S/C23H23N3O4/c27-22(28)14-26(12-5-11-25-13-10-24-16-25)23(29)30-15-21-19-8-3-1-6-17(19)18-7-2-4-9-20(18)21/h1-4,6-10,13,16,21H,5,11-12,14-15H2,(H,27,28). The molecule has 1 amide bonds. The first kappa shape index (κ1) is 19.7. The number of amides is 1. The van der Waals surface area contributed by atoms with Crippen LogP contribution in [-0.2, 0) is 16.1 Å². The zero-order valence-electron chi connectivity index (χ0n) is 16.5. The maximum atomic E-state index is 12.7. The molecule has 0 bridgehead atoms. The van der Waals surface area contributed by atoms with Crippen LogP contribution in [-0.4, -0.2) is 51.3 Å². The number of imidazole rings is 1.